The Morgan fingerprint density at radius 3 is 3.00 bits per heavy atom. The van der Waals surface area contributed by atoms with E-state index < -0.39 is 0 Å². The van der Waals surface area contributed by atoms with Gasteiger partial charge in [-0.25, -0.2) is 4.68 Å². The minimum atomic E-state index is 0.252. The standard InChI is InChI=1S/C13H10N4O2/c14-13-9-3-4-15-6-10(9)17(16-13)8-1-2-11-12(5-8)19-7-18-11/h1-6H,7H2,(H2,14,16). The van der Waals surface area contributed by atoms with E-state index in [9.17, 15) is 0 Å². The monoisotopic (exact) mass is 254 g/mol. The summed E-state index contributed by atoms with van der Waals surface area (Å²) >= 11 is 0. The lowest BCUT2D eigenvalue weighted by molar-refractivity contribution is 0.174. The van der Waals surface area contributed by atoms with Crippen LogP contribution in [-0.2, 0) is 0 Å². The first-order chi connectivity index (χ1) is 9.33. The maximum atomic E-state index is 5.91. The highest BCUT2D eigenvalue weighted by Crippen LogP contribution is 2.34. The minimum absolute atomic E-state index is 0.252. The van der Waals surface area contributed by atoms with Gasteiger partial charge in [0.25, 0.3) is 0 Å². The van der Waals surface area contributed by atoms with Gasteiger partial charge in [0.15, 0.2) is 17.3 Å². The van der Waals surface area contributed by atoms with Crippen molar-refractivity contribution in [1.29, 1.82) is 0 Å². The number of anilines is 1. The summed E-state index contributed by atoms with van der Waals surface area (Å²) in [7, 11) is 0. The molecule has 0 saturated carbocycles. The molecular weight excluding hydrogens is 244 g/mol. The predicted molar refractivity (Wildman–Crippen MR) is 69.4 cm³/mol. The van der Waals surface area contributed by atoms with Crippen molar-refractivity contribution in [2.45, 2.75) is 0 Å². The average molecular weight is 254 g/mol. The SMILES string of the molecule is Nc1nn(-c2ccc3c(c2)OCO3)c2cnccc12. The summed E-state index contributed by atoms with van der Waals surface area (Å²) < 4.78 is 12.4. The van der Waals surface area contributed by atoms with Crippen molar-refractivity contribution >= 4 is 16.7 Å². The molecular formula is C13H10N4O2. The summed E-state index contributed by atoms with van der Waals surface area (Å²) in [6.45, 7) is 0.252. The first-order valence-electron chi connectivity index (χ1n) is 5.81. The maximum absolute atomic E-state index is 5.91. The molecule has 6 nitrogen and oxygen atoms in total. The van der Waals surface area contributed by atoms with E-state index in [0.717, 1.165) is 22.3 Å². The molecule has 1 aliphatic heterocycles. The molecule has 0 bridgehead atoms. The van der Waals surface area contributed by atoms with E-state index in [1.807, 2.05) is 24.3 Å². The number of nitrogens with zero attached hydrogens (tertiary/aromatic N) is 3. The molecule has 0 amide bonds. The second-order valence-corrected chi connectivity index (χ2v) is 4.23. The first-order valence-corrected chi connectivity index (χ1v) is 5.81. The molecule has 3 aromatic rings. The molecule has 2 N–H and O–H groups in total. The number of rotatable bonds is 1. The minimum Gasteiger partial charge on any atom is -0.454 e. The van der Waals surface area contributed by atoms with E-state index in [-0.39, 0.29) is 6.79 Å². The van der Waals surface area contributed by atoms with Crippen molar-refractivity contribution in [3.05, 3.63) is 36.7 Å². The van der Waals surface area contributed by atoms with Gasteiger partial charge in [0.1, 0.15) is 0 Å². The van der Waals surface area contributed by atoms with Crippen molar-refractivity contribution in [3.63, 3.8) is 0 Å². The summed E-state index contributed by atoms with van der Waals surface area (Å²) in [4.78, 5) is 4.11. The van der Waals surface area contributed by atoms with E-state index in [1.54, 1.807) is 17.1 Å². The van der Waals surface area contributed by atoms with Crippen LogP contribution < -0.4 is 15.2 Å². The highest BCUT2D eigenvalue weighted by Gasteiger charge is 2.16. The molecule has 0 unspecified atom stereocenters. The van der Waals surface area contributed by atoms with Crippen molar-refractivity contribution in [2.75, 3.05) is 12.5 Å². The zero-order chi connectivity index (χ0) is 12.8. The fourth-order valence-corrected chi connectivity index (χ4v) is 2.20. The van der Waals surface area contributed by atoms with Crippen molar-refractivity contribution < 1.29 is 9.47 Å². The van der Waals surface area contributed by atoms with Crippen molar-refractivity contribution in [3.8, 4) is 17.2 Å². The maximum Gasteiger partial charge on any atom is 0.231 e. The second-order valence-electron chi connectivity index (χ2n) is 4.23. The third-order valence-corrected chi connectivity index (χ3v) is 3.11. The zero-order valence-corrected chi connectivity index (χ0v) is 9.91. The Kier molecular flexibility index (Phi) is 1.94. The molecule has 0 fully saturated rings. The highest BCUT2D eigenvalue weighted by molar-refractivity contribution is 5.89. The molecule has 0 aliphatic carbocycles. The largest absolute Gasteiger partial charge is 0.454 e. The third kappa shape index (κ3) is 1.43. The number of hydrogen-bond donors (Lipinski definition) is 1. The predicted octanol–water partition coefficient (Wildman–Crippen LogP) is 1.73. The second kappa shape index (κ2) is 3.61. The normalized spacial score (nSPS) is 13.1. The van der Waals surface area contributed by atoms with E-state index in [2.05, 4.69) is 10.1 Å². The van der Waals surface area contributed by atoms with Gasteiger partial charge < -0.3 is 15.2 Å². The lowest BCUT2D eigenvalue weighted by Gasteiger charge is -2.04. The Balaban J connectivity index is 1.95. The third-order valence-electron chi connectivity index (χ3n) is 3.11. The van der Waals surface area contributed by atoms with Crippen LogP contribution in [0.25, 0.3) is 16.6 Å². The lowest BCUT2D eigenvalue weighted by Crippen LogP contribution is -1.97. The fourth-order valence-electron chi connectivity index (χ4n) is 2.20. The molecule has 0 atom stereocenters. The quantitative estimate of drug-likeness (QED) is 0.715. The summed E-state index contributed by atoms with van der Waals surface area (Å²) in [6.07, 6.45) is 3.44. The smallest absolute Gasteiger partial charge is 0.231 e. The molecule has 19 heavy (non-hydrogen) atoms. The van der Waals surface area contributed by atoms with Crippen LogP contribution in [-0.4, -0.2) is 21.6 Å². The molecule has 6 heteroatoms. The van der Waals surface area contributed by atoms with E-state index in [4.69, 9.17) is 15.2 Å². The highest BCUT2D eigenvalue weighted by atomic mass is 16.7. The van der Waals surface area contributed by atoms with E-state index in [1.165, 1.54) is 0 Å². The molecule has 0 radical (unpaired) electrons. The Bertz CT molecular complexity index is 781. The zero-order valence-electron chi connectivity index (χ0n) is 9.91. The molecule has 2 aromatic heterocycles. The van der Waals surface area contributed by atoms with Crippen LogP contribution in [0, 0.1) is 0 Å². The number of fused-ring (bicyclic) bond motifs is 2. The van der Waals surface area contributed by atoms with Crippen molar-refractivity contribution in [1.82, 2.24) is 14.8 Å². The van der Waals surface area contributed by atoms with Gasteiger partial charge in [-0.05, 0) is 18.2 Å². The van der Waals surface area contributed by atoms with Gasteiger partial charge in [0.2, 0.25) is 6.79 Å². The first kappa shape index (κ1) is 10.2. The number of aromatic nitrogens is 3. The van der Waals surface area contributed by atoms with Gasteiger partial charge in [-0.2, -0.15) is 0 Å². The van der Waals surface area contributed by atoms with Crippen LogP contribution in [0.1, 0.15) is 0 Å². The fraction of sp³-hybridized carbons (Fsp3) is 0.0769. The molecule has 4 rings (SSSR count). The Labute approximate surface area is 108 Å². The molecule has 3 heterocycles. The van der Waals surface area contributed by atoms with Gasteiger partial charge in [-0.3, -0.25) is 4.98 Å². The number of benzene rings is 1. The van der Waals surface area contributed by atoms with Crippen LogP contribution in [0.2, 0.25) is 0 Å². The molecule has 1 aliphatic rings. The van der Waals surface area contributed by atoms with Gasteiger partial charge in [0.05, 0.1) is 17.4 Å². The summed E-state index contributed by atoms with van der Waals surface area (Å²) in [5.74, 6) is 1.94. The summed E-state index contributed by atoms with van der Waals surface area (Å²) in [6, 6.07) is 7.49. The number of ether oxygens (including phenoxy) is 2. The van der Waals surface area contributed by atoms with E-state index >= 15 is 0 Å². The summed E-state index contributed by atoms with van der Waals surface area (Å²) in [5.41, 5.74) is 7.63. The van der Waals surface area contributed by atoms with Crippen LogP contribution in [0.3, 0.4) is 0 Å². The molecule has 0 saturated heterocycles. The number of pyridine rings is 1. The van der Waals surface area contributed by atoms with Gasteiger partial charge in [-0.1, -0.05) is 0 Å². The Morgan fingerprint density at radius 2 is 2.05 bits per heavy atom. The number of nitrogen functional groups attached to an aromatic ring is 1. The Hall–Kier alpha value is -2.76. The van der Waals surface area contributed by atoms with Crippen molar-refractivity contribution in [2.24, 2.45) is 0 Å². The molecule has 0 spiro atoms. The average Bonchev–Trinajstić information content (AvgIpc) is 3.03. The van der Waals surface area contributed by atoms with Crippen LogP contribution in [0.15, 0.2) is 36.7 Å². The Morgan fingerprint density at radius 1 is 1.16 bits per heavy atom. The van der Waals surface area contributed by atoms with Crippen LogP contribution in [0.5, 0.6) is 11.5 Å². The van der Waals surface area contributed by atoms with Crippen LogP contribution in [0.4, 0.5) is 5.82 Å². The van der Waals surface area contributed by atoms with E-state index in [0.29, 0.717) is 11.6 Å². The molecule has 1 aromatic carbocycles. The number of nitrogens with two attached hydrogens (primary N) is 1. The van der Waals surface area contributed by atoms with Crippen LogP contribution >= 0.6 is 0 Å². The summed E-state index contributed by atoms with van der Waals surface area (Å²) in [5, 5.41) is 5.23. The number of hydrogen-bond acceptors (Lipinski definition) is 5. The topological polar surface area (TPSA) is 75.2 Å². The lowest BCUT2D eigenvalue weighted by atomic mass is 10.2. The van der Waals surface area contributed by atoms with Gasteiger partial charge >= 0.3 is 0 Å². The van der Waals surface area contributed by atoms with Gasteiger partial charge in [0, 0.05) is 17.6 Å². The molecule has 94 valence electrons. The van der Waals surface area contributed by atoms with Gasteiger partial charge in [-0.15, -0.1) is 5.10 Å².